The van der Waals surface area contributed by atoms with Crippen LogP contribution in [0.5, 0.6) is 0 Å². The molecule has 0 N–H and O–H groups in total. The number of benzene rings is 5. The predicted octanol–water partition coefficient (Wildman–Crippen LogP) is 9.47. The van der Waals surface area contributed by atoms with Crippen molar-refractivity contribution in [2.45, 2.75) is 6.04 Å². The molecule has 0 saturated carbocycles. The lowest BCUT2D eigenvalue weighted by Crippen LogP contribution is -2.43. The van der Waals surface area contributed by atoms with Gasteiger partial charge in [0.2, 0.25) is 0 Å². The molecule has 1 unspecified atom stereocenters. The Bertz CT molecular complexity index is 2380. The average Bonchev–Trinajstić information content (AvgIpc) is 3.66. The van der Waals surface area contributed by atoms with Crippen molar-refractivity contribution in [3.63, 3.8) is 0 Å². The van der Waals surface area contributed by atoms with E-state index in [4.69, 9.17) is 14.4 Å². The van der Waals surface area contributed by atoms with Crippen molar-refractivity contribution < 1.29 is 4.42 Å². The first-order chi connectivity index (χ1) is 22.3. The monoisotopic (exact) mass is 577 g/mol. The molecule has 0 fully saturated rings. The van der Waals surface area contributed by atoms with Gasteiger partial charge in [-0.3, -0.25) is 0 Å². The van der Waals surface area contributed by atoms with Gasteiger partial charge < -0.3 is 9.32 Å². The summed E-state index contributed by atoms with van der Waals surface area (Å²) in [6, 6.07) is 44.0. The molecule has 5 nitrogen and oxygen atoms in total. The van der Waals surface area contributed by atoms with E-state index in [-0.39, 0.29) is 6.04 Å². The first kappa shape index (κ1) is 24.4. The van der Waals surface area contributed by atoms with Gasteiger partial charge in [0.25, 0.3) is 0 Å². The first-order valence-electron chi connectivity index (χ1n) is 15.2. The van der Waals surface area contributed by atoms with Crippen LogP contribution in [0.1, 0.15) is 5.56 Å². The van der Waals surface area contributed by atoms with E-state index < -0.39 is 0 Å². The molecule has 45 heavy (non-hydrogen) atoms. The van der Waals surface area contributed by atoms with Crippen LogP contribution in [0.2, 0.25) is 0 Å². The maximum atomic E-state index is 6.36. The number of aromatic nitrogens is 2. The fourth-order valence-electron chi connectivity index (χ4n) is 7.24. The summed E-state index contributed by atoms with van der Waals surface area (Å²) in [5.41, 5.74) is 12.6. The number of para-hydroxylation sites is 3. The highest BCUT2D eigenvalue weighted by Gasteiger charge is 2.47. The van der Waals surface area contributed by atoms with Crippen LogP contribution in [0, 0.1) is 0 Å². The molecule has 0 spiro atoms. The van der Waals surface area contributed by atoms with Crippen molar-refractivity contribution in [3.05, 3.63) is 151 Å². The van der Waals surface area contributed by atoms with Crippen LogP contribution in [0.15, 0.2) is 150 Å². The number of anilines is 2. The van der Waals surface area contributed by atoms with E-state index in [0.29, 0.717) is 5.95 Å². The van der Waals surface area contributed by atoms with Gasteiger partial charge in [-0.1, -0.05) is 113 Å². The SMILES string of the molecule is C1=CC2=[N+](c3nc(-c4ccccc4)cc(-c4ccccc4)n3)c3ccccc3N3c4c(ccc5oc6ccccc6c45)C(=C1)C23. The summed E-state index contributed by atoms with van der Waals surface area (Å²) in [4.78, 5) is 13.0. The van der Waals surface area contributed by atoms with Crippen molar-refractivity contribution in [2.24, 2.45) is 0 Å². The Morgan fingerprint density at radius 2 is 1.36 bits per heavy atom. The molecular weight excluding hydrogens is 552 g/mol. The highest BCUT2D eigenvalue weighted by atomic mass is 16.3. The largest absolute Gasteiger partial charge is 0.456 e. The Balaban J connectivity index is 1.27. The molecule has 1 aliphatic carbocycles. The minimum absolute atomic E-state index is 0.0386. The number of hydrogen-bond donors (Lipinski definition) is 0. The predicted molar refractivity (Wildman–Crippen MR) is 183 cm³/mol. The molecular formula is C40H25N4O+. The number of furan rings is 1. The number of fused-ring (bicyclic) bond motifs is 9. The Labute approximate surface area is 259 Å². The fourth-order valence-corrected chi connectivity index (χ4v) is 7.24. The Morgan fingerprint density at radius 3 is 2.13 bits per heavy atom. The molecule has 0 radical (unpaired) electrons. The number of hydrogen-bond acceptors (Lipinski definition) is 4. The van der Waals surface area contributed by atoms with Crippen LogP contribution in [-0.4, -0.2) is 21.7 Å². The third-order valence-corrected chi connectivity index (χ3v) is 9.14. The number of rotatable bonds is 3. The van der Waals surface area contributed by atoms with E-state index in [1.807, 2.05) is 18.2 Å². The third-order valence-electron chi connectivity index (χ3n) is 9.14. The van der Waals surface area contributed by atoms with Gasteiger partial charge in [0.05, 0.1) is 16.8 Å². The standard InChI is InChI=1S/C40H25N4O/c1-3-12-25(13-4-1)30-24-31(26-14-5-2-6-15-26)42-40(41-30)43-32-18-8-9-19-33(32)44-38-27(17-11-20-34(38)43)28-22-23-36-37(39(28)44)29-16-7-10-21-35(29)45-36/h1-24,38H/q+1. The smallest absolute Gasteiger partial charge is 0.439 e. The summed E-state index contributed by atoms with van der Waals surface area (Å²) < 4.78 is 8.62. The topological polar surface area (TPSA) is 45.2 Å². The molecule has 7 aromatic rings. The molecule has 1 atom stereocenters. The van der Waals surface area contributed by atoms with Crippen molar-refractivity contribution >= 4 is 56.2 Å². The minimum atomic E-state index is -0.0386. The quantitative estimate of drug-likeness (QED) is 0.196. The molecule has 2 aliphatic heterocycles. The van der Waals surface area contributed by atoms with E-state index in [1.54, 1.807) is 0 Å². The summed E-state index contributed by atoms with van der Waals surface area (Å²) in [5, 5.41) is 2.28. The molecule has 3 aliphatic rings. The minimum Gasteiger partial charge on any atom is -0.456 e. The van der Waals surface area contributed by atoms with Gasteiger partial charge in [-0.15, -0.1) is 0 Å². The fraction of sp³-hybridized carbons (Fsp3) is 0.0250. The molecule has 0 bridgehead atoms. The highest BCUT2D eigenvalue weighted by molar-refractivity contribution is 6.26. The third kappa shape index (κ3) is 3.46. The highest BCUT2D eigenvalue weighted by Crippen LogP contribution is 2.55. The Morgan fingerprint density at radius 1 is 0.667 bits per heavy atom. The maximum Gasteiger partial charge on any atom is 0.439 e. The lowest BCUT2D eigenvalue weighted by atomic mass is 9.92. The Kier molecular flexibility index (Phi) is 4.99. The molecule has 4 heterocycles. The molecule has 10 rings (SSSR count). The van der Waals surface area contributed by atoms with Gasteiger partial charge >= 0.3 is 5.95 Å². The second-order valence-corrected chi connectivity index (χ2v) is 11.6. The van der Waals surface area contributed by atoms with Gasteiger partial charge in [-0.2, -0.15) is 4.58 Å². The van der Waals surface area contributed by atoms with E-state index in [1.165, 1.54) is 16.8 Å². The molecule has 0 amide bonds. The maximum absolute atomic E-state index is 6.36. The molecule has 2 aromatic heterocycles. The normalized spacial score (nSPS) is 16.1. The Hall–Kier alpha value is -6.07. The van der Waals surface area contributed by atoms with Gasteiger partial charge in [-0.05, 0) is 42.0 Å². The van der Waals surface area contributed by atoms with E-state index >= 15 is 0 Å². The average molecular weight is 578 g/mol. The number of nitrogens with zero attached hydrogens (tertiary/aromatic N) is 4. The summed E-state index contributed by atoms with van der Waals surface area (Å²) in [6.07, 6.45) is 6.63. The van der Waals surface area contributed by atoms with Crippen LogP contribution < -0.4 is 9.48 Å². The molecule has 5 aromatic carbocycles. The zero-order valence-corrected chi connectivity index (χ0v) is 24.1. The first-order valence-corrected chi connectivity index (χ1v) is 15.2. The van der Waals surface area contributed by atoms with Gasteiger partial charge in [0.1, 0.15) is 28.6 Å². The van der Waals surface area contributed by atoms with Crippen molar-refractivity contribution in [2.75, 3.05) is 4.90 Å². The van der Waals surface area contributed by atoms with Crippen LogP contribution in [0.25, 0.3) is 50.0 Å². The molecule has 210 valence electrons. The second-order valence-electron chi connectivity index (χ2n) is 11.6. The lowest BCUT2D eigenvalue weighted by molar-refractivity contribution is 0.669. The summed E-state index contributed by atoms with van der Waals surface area (Å²) in [7, 11) is 0. The summed E-state index contributed by atoms with van der Waals surface area (Å²) in [6.45, 7) is 0. The van der Waals surface area contributed by atoms with Gasteiger partial charge in [-0.25, -0.2) is 0 Å². The van der Waals surface area contributed by atoms with E-state index in [9.17, 15) is 0 Å². The summed E-state index contributed by atoms with van der Waals surface area (Å²) in [5.74, 6) is 0.651. The number of allylic oxidation sites excluding steroid dienone is 2. The van der Waals surface area contributed by atoms with Crippen molar-refractivity contribution in [1.82, 2.24) is 14.5 Å². The van der Waals surface area contributed by atoms with Crippen molar-refractivity contribution in [1.29, 1.82) is 0 Å². The van der Waals surface area contributed by atoms with Crippen LogP contribution in [0.4, 0.5) is 23.0 Å². The zero-order valence-electron chi connectivity index (χ0n) is 24.1. The summed E-state index contributed by atoms with van der Waals surface area (Å²) >= 11 is 0. The van der Waals surface area contributed by atoms with Crippen LogP contribution in [-0.2, 0) is 0 Å². The van der Waals surface area contributed by atoms with Gasteiger partial charge in [0.15, 0.2) is 11.4 Å². The van der Waals surface area contributed by atoms with E-state index in [2.05, 4.69) is 137 Å². The van der Waals surface area contributed by atoms with Crippen molar-refractivity contribution in [3.8, 4) is 22.5 Å². The van der Waals surface area contributed by atoms with Gasteiger partial charge in [0, 0.05) is 28.1 Å². The van der Waals surface area contributed by atoms with Crippen LogP contribution >= 0.6 is 0 Å². The van der Waals surface area contributed by atoms with Crippen LogP contribution in [0.3, 0.4) is 0 Å². The second kappa shape index (κ2) is 9.21. The molecule has 5 heteroatoms. The molecule has 0 saturated heterocycles. The lowest BCUT2D eigenvalue weighted by Gasteiger charge is -2.35. The van der Waals surface area contributed by atoms with E-state index in [0.717, 1.165) is 61.5 Å². The zero-order chi connectivity index (χ0) is 29.5.